The highest BCUT2D eigenvalue weighted by atomic mass is 35.5. The Bertz CT molecular complexity index is 1010. The van der Waals surface area contributed by atoms with Gasteiger partial charge in [-0.15, -0.1) is 5.10 Å². The summed E-state index contributed by atoms with van der Waals surface area (Å²) in [4.78, 5) is 0. The Hall–Kier alpha value is -2.79. The van der Waals surface area contributed by atoms with Gasteiger partial charge in [0.2, 0.25) is 0 Å². The van der Waals surface area contributed by atoms with Crippen molar-refractivity contribution in [1.29, 1.82) is 0 Å². The van der Waals surface area contributed by atoms with Crippen LogP contribution in [0.25, 0.3) is 16.5 Å². The van der Waals surface area contributed by atoms with E-state index >= 15 is 0 Å². The van der Waals surface area contributed by atoms with Crippen molar-refractivity contribution < 1.29 is 0 Å². The average Bonchev–Trinajstić information content (AvgIpc) is 3.14. The minimum Gasteiger partial charge on any atom is -0.382 e. The van der Waals surface area contributed by atoms with E-state index in [-0.39, 0.29) is 0 Å². The summed E-state index contributed by atoms with van der Waals surface area (Å²) in [5, 5.41) is 12.9. The molecule has 2 aromatic carbocycles. The third-order valence-electron chi connectivity index (χ3n) is 4.19. The monoisotopic (exact) mass is 336 g/mol. The van der Waals surface area contributed by atoms with Crippen molar-refractivity contribution in [3.05, 3.63) is 63.8 Å². The number of anilines is 1. The number of nitrogens with two attached hydrogens (primary N) is 1. The van der Waals surface area contributed by atoms with Gasteiger partial charge in [-0.3, -0.25) is 5.10 Å². The molecule has 119 valence electrons. The van der Waals surface area contributed by atoms with Gasteiger partial charge in [0, 0.05) is 16.7 Å². The van der Waals surface area contributed by atoms with E-state index in [1.165, 1.54) is 0 Å². The number of aromatic nitrogens is 2. The molecule has 0 saturated heterocycles. The number of nitrogens with one attached hydrogen (secondary N) is 1. The molecule has 0 amide bonds. The van der Waals surface area contributed by atoms with Gasteiger partial charge in [-0.25, -0.2) is 0 Å². The molecule has 24 heavy (non-hydrogen) atoms. The number of hydrogen-bond acceptors (Lipinski definition) is 3. The molecule has 1 aliphatic heterocycles. The summed E-state index contributed by atoms with van der Waals surface area (Å²) in [6.07, 6.45) is 0. The van der Waals surface area contributed by atoms with Crippen LogP contribution in [0, 0.1) is 6.92 Å². The van der Waals surface area contributed by atoms with E-state index in [0.717, 1.165) is 44.6 Å². The highest BCUT2D eigenvalue weighted by Crippen LogP contribution is 2.40. The molecule has 0 unspecified atom stereocenters. The van der Waals surface area contributed by atoms with Gasteiger partial charge in [-0.05, 0) is 25.5 Å². The number of allylic oxidation sites excluding steroid dienone is 2. The lowest BCUT2D eigenvalue weighted by atomic mass is 9.91. The van der Waals surface area contributed by atoms with Crippen LogP contribution in [0.5, 0.6) is 0 Å². The van der Waals surface area contributed by atoms with E-state index in [1.54, 1.807) is 0 Å². The third-order valence-corrected chi connectivity index (χ3v) is 4.68. The molecule has 0 aliphatic carbocycles. The summed E-state index contributed by atoms with van der Waals surface area (Å²) in [6, 6.07) is 11.9. The summed E-state index contributed by atoms with van der Waals surface area (Å²) in [5.74, 6) is 0.418. The summed E-state index contributed by atoms with van der Waals surface area (Å²) < 4.78 is 0. The van der Waals surface area contributed by atoms with Crippen LogP contribution in [0.15, 0.2) is 47.2 Å². The lowest BCUT2D eigenvalue weighted by molar-refractivity contribution is 0.896. The van der Waals surface area contributed by atoms with Crippen molar-refractivity contribution in [3.8, 4) is 0 Å². The normalized spacial score (nSPS) is 14.2. The highest BCUT2D eigenvalue weighted by Gasteiger charge is 2.27. The van der Waals surface area contributed by atoms with Gasteiger partial charge in [0.1, 0.15) is 5.71 Å². The second-order valence-corrected chi connectivity index (χ2v) is 6.17. The Kier molecular flexibility index (Phi) is 3.32. The first-order valence-electron chi connectivity index (χ1n) is 7.56. The van der Waals surface area contributed by atoms with Crippen molar-refractivity contribution in [2.75, 3.05) is 5.73 Å². The Balaban J connectivity index is 2.03. The smallest absolute Gasteiger partial charge is 0.153 e. The summed E-state index contributed by atoms with van der Waals surface area (Å²) in [5.41, 5.74) is 16.5. The number of aromatic amines is 1. The first-order valence-corrected chi connectivity index (χ1v) is 7.94. The molecule has 2 heterocycles. The van der Waals surface area contributed by atoms with E-state index < -0.39 is 0 Å². The summed E-state index contributed by atoms with van der Waals surface area (Å²) in [6.45, 7) is 3.89. The van der Waals surface area contributed by atoms with Crippen LogP contribution in [0.1, 0.15) is 23.6 Å². The number of halogens is 1. The lowest BCUT2D eigenvalue weighted by Crippen LogP contribution is -2.04. The topological polar surface area (TPSA) is 81.2 Å². The Morgan fingerprint density at radius 1 is 1.12 bits per heavy atom. The molecule has 5 nitrogen and oxygen atoms in total. The maximum absolute atomic E-state index is 6.67. The molecular formula is C18H15ClN5. The average molecular weight is 337 g/mol. The van der Waals surface area contributed by atoms with E-state index in [2.05, 4.69) is 20.7 Å². The molecule has 0 spiro atoms. The maximum atomic E-state index is 6.67. The lowest BCUT2D eigenvalue weighted by Gasteiger charge is -2.13. The van der Waals surface area contributed by atoms with Crippen molar-refractivity contribution >= 4 is 39.6 Å². The molecule has 0 atom stereocenters. The van der Waals surface area contributed by atoms with Crippen LogP contribution in [-0.2, 0) is 0 Å². The molecule has 1 radical (unpaired) electrons. The molecule has 0 fully saturated rings. The molecule has 3 N–H and O–H groups in total. The molecule has 1 aliphatic rings. The first kappa shape index (κ1) is 14.8. The molecule has 3 aromatic rings. The maximum Gasteiger partial charge on any atom is 0.153 e. The minimum absolute atomic E-state index is 0.418. The van der Waals surface area contributed by atoms with Gasteiger partial charge in [0.15, 0.2) is 5.82 Å². The number of fused-ring (bicyclic) bond motifs is 1. The molecule has 1 aromatic heterocycles. The van der Waals surface area contributed by atoms with E-state index in [4.69, 9.17) is 17.3 Å². The predicted octanol–water partition coefficient (Wildman–Crippen LogP) is 3.86. The number of aryl methyl sites for hydroxylation is 1. The molecule has 4 rings (SSSR count). The van der Waals surface area contributed by atoms with E-state index in [0.29, 0.717) is 10.8 Å². The van der Waals surface area contributed by atoms with Crippen LogP contribution in [-0.4, -0.2) is 15.9 Å². The molecular weight excluding hydrogens is 322 g/mol. The fourth-order valence-electron chi connectivity index (χ4n) is 3.05. The fourth-order valence-corrected chi connectivity index (χ4v) is 3.30. The Labute approximate surface area is 144 Å². The zero-order valence-corrected chi connectivity index (χ0v) is 14.0. The second kappa shape index (κ2) is 5.39. The van der Waals surface area contributed by atoms with Crippen LogP contribution >= 0.6 is 11.6 Å². The summed E-state index contributed by atoms with van der Waals surface area (Å²) in [7, 11) is 0. The van der Waals surface area contributed by atoms with Crippen molar-refractivity contribution in [2.24, 2.45) is 5.10 Å². The van der Waals surface area contributed by atoms with Crippen molar-refractivity contribution in [2.45, 2.75) is 13.8 Å². The number of hydrogen-bond donors (Lipinski definition) is 2. The van der Waals surface area contributed by atoms with E-state index in [1.807, 2.05) is 50.2 Å². The zero-order valence-electron chi connectivity index (χ0n) is 13.3. The van der Waals surface area contributed by atoms with Crippen LogP contribution in [0.2, 0.25) is 5.02 Å². The Morgan fingerprint density at radius 2 is 1.88 bits per heavy atom. The molecule has 0 bridgehead atoms. The van der Waals surface area contributed by atoms with Gasteiger partial charge < -0.3 is 5.73 Å². The van der Waals surface area contributed by atoms with Gasteiger partial charge in [-0.1, -0.05) is 41.9 Å². The van der Waals surface area contributed by atoms with Gasteiger partial charge >= 0.3 is 0 Å². The highest BCUT2D eigenvalue weighted by molar-refractivity contribution is 6.41. The van der Waals surface area contributed by atoms with Gasteiger partial charge in [0.25, 0.3) is 0 Å². The van der Waals surface area contributed by atoms with Crippen LogP contribution in [0.3, 0.4) is 0 Å². The van der Waals surface area contributed by atoms with Crippen LogP contribution in [0.4, 0.5) is 5.82 Å². The molecule has 0 saturated carbocycles. The zero-order chi connectivity index (χ0) is 16.8. The standard InChI is InChI=1S/C18H15ClN5/c1-9-8-12-14(18(20)24-22-12)15(16(9)19)13-10(2)21-23-17(13)11-6-4-3-5-7-11/h3-8H,1-2H3,(H3,20,22,24). The largest absolute Gasteiger partial charge is 0.382 e. The van der Waals surface area contributed by atoms with Gasteiger partial charge in [0.05, 0.1) is 21.6 Å². The number of rotatable bonds is 2. The minimum atomic E-state index is 0.418. The van der Waals surface area contributed by atoms with Crippen LogP contribution < -0.4 is 11.2 Å². The van der Waals surface area contributed by atoms with Crippen molar-refractivity contribution in [3.63, 3.8) is 0 Å². The summed E-state index contributed by atoms with van der Waals surface area (Å²) >= 11 is 6.67. The number of benzene rings is 2. The second-order valence-electron chi connectivity index (χ2n) is 5.79. The first-order chi connectivity index (χ1) is 11.6. The fraction of sp³-hybridized carbons (Fsp3) is 0.111. The number of nitrogen functional groups attached to an aromatic ring is 1. The van der Waals surface area contributed by atoms with Crippen molar-refractivity contribution in [1.82, 2.24) is 15.6 Å². The number of nitrogens with zero attached hydrogens (tertiary/aromatic N) is 3. The third kappa shape index (κ3) is 2.09. The predicted molar refractivity (Wildman–Crippen MR) is 98.0 cm³/mol. The SMILES string of the molecule is CC1=C(c2c(Cl)c(C)cc3[nH]nc(N)c23)C(c2ccccc2)=N[N]1. The Morgan fingerprint density at radius 3 is 2.62 bits per heavy atom. The van der Waals surface area contributed by atoms with E-state index in [9.17, 15) is 0 Å². The van der Waals surface area contributed by atoms with Gasteiger partial charge in [-0.2, -0.15) is 10.5 Å². The quantitative estimate of drug-likeness (QED) is 0.745. The molecule has 6 heteroatoms. The number of H-pyrrole nitrogens is 1.